The molecule has 3 rings (SSSR count). The van der Waals surface area contributed by atoms with Crippen LogP contribution in [0.1, 0.15) is 5.69 Å². The number of amides is 1. The maximum Gasteiger partial charge on any atom is 0.230 e. The van der Waals surface area contributed by atoms with E-state index in [-0.39, 0.29) is 18.1 Å². The zero-order valence-electron chi connectivity index (χ0n) is 14.3. The number of rotatable bonds is 6. The Morgan fingerprint density at radius 1 is 1.19 bits per heavy atom. The van der Waals surface area contributed by atoms with Crippen LogP contribution in [0.2, 0.25) is 0 Å². The Morgan fingerprint density at radius 3 is 2.77 bits per heavy atom. The Bertz CT molecular complexity index is 927. The minimum atomic E-state index is -0.316. The van der Waals surface area contributed by atoms with E-state index >= 15 is 0 Å². The third kappa shape index (κ3) is 4.18. The van der Waals surface area contributed by atoms with E-state index in [1.165, 1.54) is 30.6 Å². The number of carbonyl (C=O) groups is 1. The van der Waals surface area contributed by atoms with Crippen LogP contribution in [0.3, 0.4) is 0 Å². The second-order valence-electron chi connectivity index (χ2n) is 5.45. The van der Waals surface area contributed by atoms with Gasteiger partial charge in [0.2, 0.25) is 5.91 Å². The third-order valence-electron chi connectivity index (χ3n) is 3.65. The summed E-state index contributed by atoms with van der Waals surface area (Å²) < 4.78 is 23.7. The lowest BCUT2D eigenvalue weighted by molar-refractivity contribution is -0.115. The van der Waals surface area contributed by atoms with Crippen LogP contribution in [0.5, 0.6) is 11.5 Å². The molecule has 134 valence electrons. The molecule has 7 heteroatoms. The van der Waals surface area contributed by atoms with Crippen LogP contribution in [0.15, 0.2) is 47.8 Å². The van der Waals surface area contributed by atoms with Crippen molar-refractivity contribution in [2.75, 3.05) is 19.5 Å². The van der Waals surface area contributed by atoms with E-state index in [9.17, 15) is 9.18 Å². The molecule has 2 aromatic carbocycles. The summed E-state index contributed by atoms with van der Waals surface area (Å²) in [5.74, 6) is 0.615. The van der Waals surface area contributed by atoms with Crippen LogP contribution in [0, 0.1) is 5.82 Å². The predicted octanol–water partition coefficient (Wildman–Crippen LogP) is 4.15. The van der Waals surface area contributed by atoms with Crippen LogP contribution in [0.25, 0.3) is 10.6 Å². The Morgan fingerprint density at radius 2 is 2.04 bits per heavy atom. The van der Waals surface area contributed by atoms with Crippen molar-refractivity contribution in [2.24, 2.45) is 0 Å². The molecular formula is C19H17FN2O3S. The maximum atomic E-state index is 13.3. The van der Waals surface area contributed by atoms with E-state index in [0.29, 0.717) is 33.5 Å². The van der Waals surface area contributed by atoms with E-state index in [1.807, 2.05) is 0 Å². The molecule has 0 radical (unpaired) electrons. The van der Waals surface area contributed by atoms with Crippen molar-refractivity contribution in [1.82, 2.24) is 4.98 Å². The van der Waals surface area contributed by atoms with Gasteiger partial charge in [0.15, 0.2) is 0 Å². The highest BCUT2D eigenvalue weighted by molar-refractivity contribution is 7.13. The fraction of sp³-hybridized carbons (Fsp3) is 0.158. The molecule has 1 aromatic heterocycles. The van der Waals surface area contributed by atoms with Crippen molar-refractivity contribution in [2.45, 2.75) is 6.42 Å². The molecule has 0 bridgehead atoms. The molecular weight excluding hydrogens is 355 g/mol. The zero-order chi connectivity index (χ0) is 18.5. The Labute approximate surface area is 154 Å². The highest BCUT2D eigenvalue weighted by atomic mass is 32.1. The van der Waals surface area contributed by atoms with Gasteiger partial charge in [-0.05, 0) is 24.3 Å². The molecule has 0 aliphatic carbocycles. The standard InChI is InChI=1S/C19H17FN2O3S/c1-24-15-6-7-16(17(10-15)25-2)22-18(23)9-14-11-26-19(21-14)12-4-3-5-13(20)8-12/h3-8,10-11H,9H2,1-2H3,(H,22,23). The second-order valence-corrected chi connectivity index (χ2v) is 6.30. The van der Waals surface area contributed by atoms with Gasteiger partial charge in [-0.2, -0.15) is 0 Å². The summed E-state index contributed by atoms with van der Waals surface area (Å²) in [6.45, 7) is 0. The first-order valence-corrected chi connectivity index (χ1v) is 8.69. The number of hydrogen-bond donors (Lipinski definition) is 1. The Hall–Kier alpha value is -2.93. The number of nitrogens with one attached hydrogen (secondary N) is 1. The number of ether oxygens (including phenoxy) is 2. The topological polar surface area (TPSA) is 60.5 Å². The fourth-order valence-corrected chi connectivity index (χ4v) is 3.22. The van der Waals surface area contributed by atoms with Crippen molar-refractivity contribution in [3.8, 4) is 22.1 Å². The number of hydrogen-bond acceptors (Lipinski definition) is 5. The van der Waals surface area contributed by atoms with Crippen molar-refractivity contribution >= 4 is 22.9 Å². The molecule has 0 aliphatic rings. The molecule has 0 aliphatic heterocycles. The van der Waals surface area contributed by atoms with Crippen LogP contribution in [-0.2, 0) is 11.2 Å². The summed E-state index contributed by atoms with van der Waals surface area (Å²) in [4.78, 5) is 16.7. The average Bonchev–Trinajstić information content (AvgIpc) is 3.10. The van der Waals surface area contributed by atoms with Gasteiger partial charge in [0.1, 0.15) is 22.3 Å². The van der Waals surface area contributed by atoms with Gasteiger partial charge in [-0.1, -0.05) is 12.1 Å². The smallest absolute Gasteiger partial charge is 0.230 e. The van der Waals surface area contributed by atoms with Gasteiger partial charge in [-0.25, -0.2) is 9.37 Å². The van der Waals surface area contributed by atoms with E-state index < -0.39 is 0 Å². The molecule has 1 heterocycles. The summed E-state index contributed by atoms with van der Waals surface area (Å²) in [6, 6.07) is 11.4. The summed E-state index contributed by atoms with van der Waals surface area (Å²) in [5.41, 5.74) is 1.87. The summed E-state index contributed by atoms with van der Waals surface area (Å²) in [6.07, 6.45) is 0.112. The highest BCUT2D eigenvalue weighted by Gasteiger charge is 2.12. The maximum absolute atomic E-state index is 13.3. The van der Waals surface area contributed by atoms with E-state index in [2.05, 4.69) is 10.3 Å². The van der Waals surface area contributed by atoms with Crippen LogP contribution in [0.4, 0.5) is 10.1 Å². The highest BCUT2D eigenvalue weighted by Crippen LogP contribution is 2.29. The third-order valence-corrected chi connectivity index (χ3v) is 4.59. The SMILES string of the molecule is COc1ccc(NC(=O)Cc2csc(-c3cccc(F)c3)n2)c(OC)c1. The van der Waals surface area contributed by atoms with Crippen LogP contribution in [-0.4, -0.2) is 25.1 Å². The van der Waals surface area contributed by atoms with Gasteiger partial charge in [-0.15, -0.1) is 11.3 Å². The minimum Gasteiger partial charge on any atom is -0.497 e. The molecule has 0 unspecified atom stereocenters. The number of nitrogens with zero attached hydrogens (tertiary/aromatic N) is 1. The van der Waals surface area contributed by atoms with Gasteiger partial charge in [-0.3, -0.25) is 4.79 Å². The van der Waals surface area contributed by atoms with Gasteiger partial charge in [0, 0.05) is 17.0 Å². The fourth-order valence-electron chi connectivity index (χ4n) is 2.40. The molecule has 1 amide bonds. The first-order valence-electron chi connectivity index (χ1n) is 7.81. The lowest BCUT2D eigenvalue weighted by Gasteiger charge is -2.11. The number of aromatic nitrogens is 1. The minimum absolute atomic E-state index is 0.112. The summed E-state index contributed by atoms with van der Waals surface area (Å²) >= 11 is 1.37. The molecule has 0 fully saturated rings. The average molecular weight is 372 g/mol. The number of benzene rings is 2. The molecule has 0 saturated heterocycles. The van der Waals surface area contributed by atoms with Crippen LogP contribution < -0.4 is 14.8 Å². The normalized spacial score (nSPS) is 10.4. The van der Waals surface area contributed by atoms with Gasteiger partial charge < -0.3 is 14.8 Å². The van der Waals surface area contributed by atoms with Gasteiger partial charge in [0.25, 0.3) is 0 Å². The van der Waals surface area contributed by atoms with E-state index in [1.54, 1.807) is 42.8 Å². The lowest BCUT2D eigenvalue weighted by atomic mass is 10.2. The molecule has 1 N–H and O–H groups in total. The monoisotopic (exact) mass is 372 g/mol. The molecule has 26 heavy (non-hydrogen) atoms. The van der Waals surface area contributed by atoms with E-state index in [4.69, 9.17) is 9.47 Å². The number of halogens is 1. The first kappa shape index (κ1) is 17.9. The lowest BCUT2D eigenvalue weighted by Crippen LogP contribution is -2.15. The Kier molecular flexibility index (Phi) is 5.48. The van der Waals surface area contributed by atoms with Gasteiger partial charge in [0.05, 0.1) is 32.0 Å². The number of carbonyl (C=O) groups excluding carboxylic acids is 1. The zero-order valence-corrected chi connectivity index (χ0v) is 15.1. The van der Waals surface area contributed by atoms with Crippen molar-refractivity contribution in [3.63, 3.8) is 0 Å². The largest absolute Gasteiger partial charge is 0.497 e. The number of anilines is 1. The van der Waals surface area contributed by atoms with Crippen molar-refractivity contribution in [3.05, 3.63) is 59.4 Å². The number of thiazole rings is 1. The first-order chi connectivity index (χ1) is 12.6. The van der Waals surface area contributed by atoms with Gasteiger partial charge >= 0.3 is 0 Å². The molecule has 5 nitrogen and oxygen atoms in total. The van der Waals surface area contributed by atoms with Crippen molar-refractivity contribution < 1.29 is 18.7 Å². The molecule has 0 spiro atoms. The van der Waals surface area contributed by atoms with Crippen molar-refractivity contribution in [1.29, 1.82) is 0 Å². The molecule has 0 atom stereocenters. The summed E-state index contributed by atoms with van der Waals surface area (Å²) in [5, 5.41) is 5.28. The second kappa shape index (κ2) is 7.97. The van der Waals surface area contributed by atoms with E-state index in [0.717, 1.165) is 0 Å². The number of methoxy groups -OCH3 is 2. The van der Waals surface area contributed by atoms with Crippen LogP contribution >= 0.6 is 11.3 Å². The molecule has 3 aromatic rings. The predicted molar refractivity (Wildman–Crippen MR) is 99.4 cm³/mol. The quantitative estimate of drug-likeness (QED) is 0.706. The Balaban J connectivity index is 1.69. The summed E-state index contributed by atoms with van der Waals surface area (Å²) in [7, 11) is 3.08. The molecule has 0 saturated carbocycles.